The van der Waals surface area contributed by atoms with Crippen molar-refractivity contribution in [2.75, 3.05) is 0 Å². The molecular weight excluding hydrogens is 455 g/mol. The number of carbonyl (C=O) groups excluding carboxylic acids is 1. The molecule has 0 spiro atoms. The van der Waals surface area contributed by atoms with Crippen LogP contribution in [-0.4, -0.2) is 25.8 Å². The maximum Gasteiger partial charge on any atom is 0.433 e. The Balaban J connectivity index is 1.47. The second kappa shape index (κ2) is 9.61. The summed E-state index contributed by atoms with van der Waals surface area (Å²) in [7, 11) is 0. The van der Waals surface area contributed by atoms with E-state index in [0.29, 0.717) is 22.4 Å². The predicted molar refractivity (Wildman–Crippen MR) is 125 cm³/mol. The number of nitrogens with one attached hydrogen (secondary N) is 1. The van der Waals surface area contributed by atoms with Crippen LogP contribution in [0, 0.1) is 20.8 Å². The van der Waals surface area contributed by atoms with Crippen LogP contribution in [0.25, 0.3) is 22.4 Å². The van der Waals surface area contributed by atoms with Gasteiger partial charge in [0.05, 0.1) is 5.69 Å². The van der Waals surface area contributed by atoms with Crippen LogP contribution in [0.2, 0.25) is 0 Å². The number of hydrogen-bond acceptors (Lipinski definition) is 5. The zero-order valence-corrected chi connectivity index (χ0v) is 19.3. The second-order valence-electron chi connectivity index (χ2n) is 8.14. The van der Waals surface area contributed by atoms with Gasteiger partial charge in [-0.3, -0.25) is 24.7 Å². The molecule has 178 valence electrons. The number of halogens is 3. The minimum atomic E-state index is -4.53. The Morgan fingerprint density at radius 2 is 1.69 bits per heavy atom. The van der Waals surface area contributed by atoms with E-state index in [1.807, 2.05) is 26.0 Å². The van der Waals surface area contributed by atoms with Gasteiger partial charge in [-0.1, -0.05) is 12.1 Å². The number of aryl methyl sites for hydroxylation is 3. The Hall–Kier alpha value is -4.14. The largest absolute Gasteiger partial charge is 0.433 e. The number of rotatable bonds is 5. The smallest absolute Gasteiger partial charge is 0.347 e. The van der Waals surface area contributed by atoms with Crippen molar-refractivity contribution in [1.29, 1.82) is 0 Å². The fraction of sp³-hybridized carbons (Fsp3) is 0.192. The number of alkyl halides is 3. The van der Waals surface area contributed by atoms with Crippen LogP contribution < -0.4 is 5.32 Å². The van der Waals surface area contributed by atoms with Gasteiger partial charge < -0.3 is 5.32 Å². The van der Waals surface area contributed by atoms with E-state index in [-0.39, 0.29) is 18.1 Å². The van der Waals surface area contributed by atoms with Gasteiger partial charge in [0.15, 0.2) is 0 Å². The normalized spacial score (nSPS) is 11.4. The number of hydrogen-bond donors (Lipinski definition) is 1. The van der Waals surface area contributed by atoms with E-state index in [9.17, 15) is 18.0 Å². The summed E-state index contributed by atoms with van der Waals surface area (Å²) in [6, 6.07) is 9.78. The van der Waals surface area contributed by atoms with E-state index in [1.54, 1.807) is 31.5 Å². The molecule has 4 rings (SSSR count). The SMILES string of the molecule is Cc1cc(C(=O)NCc2cnc(-c3ccnc(C(F)(F)F)c3)c(C)c2)ncc1-c1cccnc1C. The molecule has 0 saturated heterocycles. The Morgan fingerprint density at radius 3 is 2.37 bits per heavy atom. The number of amides is 1. The molecule has 0 aliphatic carbocycles. The van der Waals surface area contributed by atoms with Crippen LogP contribution in [-0.2, 0) is 12.7 Å². The van der Waals surface area contributed by atoms with Gasteiger partial charge in [-0.2, -0.15) is 13.2 Å². The van der Waals surface area contributed by atoms with Crippen molar-refractivity contribution in [3.8, 4) is 22.4 Å². The minimum absolute atomic E-state index is 0.196. The lowest BCUT2D eigenvalue weighted by Crippen LogP contribution is -2.24. The maximum absolute atomic E-state index is 13.0. The molecule has 4 aromatic heterocycles. The van der Waals surface area contributed by atoms with Crippen molar-refractivity contribution in [3.05, 3.63) is 95.0 Å². The highest BCUT2D eigenvalue weighted by Crippen LogP contribution is 2.31. The van der Waals surface area contributed by atoms with E-state index in [0.717, 1.165) is 34.6 Å². The molecule has 35 heavy (non-hydrogen) atoms. The van der Waals surface area contributed by atoms with Gasteiger partial charge in [0.1, 0.15) is 11.4 Å². The minimum Gasteiger partial charge on any atom is -0.347 e. The third-order valence-corrected chi connectivity index (χ3v) is 5.55. The van der Waals surface area contributed by atoms with Crippen molar-refractivity contribution >= 4 is 5.91 Å². The van der Waals surface area contributed by atoms with Gasteiger partial charge in [-0.05, 0) is 61.7 Å². The van der Waals surface area contributed by atoms with E-state index in [4.69, 9.17) is 0 Å². The first-order valence-corrected chi connectivity index (χ1v) is 10.8. The Kier molecular flexibility index (Phi) is 6.59. The first-order valence-electron chi connectivity index (χ1n) is 10.8. The zero-order chi connectivity index (χ0) is 25.2. The third kappa shape index (κ3) is 5.34. The first-order chi connectivity index (χ1) is 16.6. The van der Waals surface area contributed by atoms with Crippen LogP contribution in [0.4, 0.5) is 13.2 Å². The summed E-state index contributed by atoms with van der Waals surface area (Å²) in [6.45, 7) is 5.78. The molecule has 0 unspecified atom stereocenters. The third-order valence-electron chi connectivity index (χ3n) is 5.55. The Bertz CT molecular complexity index is 1400. The molecule has 0 bridgehead atoms. The van der Waals surface area contributed by atoms with Crippen molar-refractivity contribution in [1.82, 2.24) is 25.3 Å². The number of carbonyl (C=O) groups is 1. The highest BCUT2D eigenvalue weighted by molar-refractivity contribution is 5.93. The van der Waals surface area contributed by atoms with Crippen LogP contribution in [0.3, 0.4) is 0 Å². The van der Waals surface area contributed by atoms with E-state index in [1.165, 1.54) is 12.3 Å². The number of pyridine rings is 4. The van der Waals surface area contributed by atoms with Crippen LogP contribution in [0.5, 0.6) is 0 Å². The van der Waals surface area contributed by atoms with Crippen molar-refractivity contribution in [2.24, 2.45) is 0 Å². The molecule has 0 radical (unpaired) electrons. The fourth-order valence-corrected chi connectivity index (χ4v) is 3.77. The van der Waals surface area contributed by atoms with Gasteiger partial charge in [0.25, 0.3) is 5.91 Å². The predicted octanol–water partition coefficient (Wildman–Crippen LogP) is 5.47. The van der Waals surface area contributed by atoms with Crippen LogP contribution in [0.1, 0.15) is 38.6 Å². The summed E-state index contributed by atoms with van der Waals surface area (Å²) in [5.74, 6) is -0.340. The van der Waals surface area contributed by atoms with E-state index < -0.39 is 11.9 Å². The van der Waals surface area contributed by atoms with E-state index >= 15 is 0 Å². The molecule has 9 heteroatoms. The fourth-order valence-electron chi connectivity index (χ4n) is 3.77. The molecule has 0 aliphatic rings. The molecule has 0 aromatic carbocycles. The first kappa shape index (κ1) is 24.0. The maximum atomic E-state index is 13.0. The molecule has 0 atom stereocenters. The van der Waals surface area contributed by atoms with Gasteiger partial charge in [0.2, 0.25) is 0 Å². The molecule has 0 fully saturated rings. The molecule has 1 N–H and O–H groups in total. The average Bonchev–Trinajstić information content (AvgIpc) is 2.82. The monoisotopic (exact) mass is 477 g/mol. The number of aromatic nitrogens is 4. The van der Waals surface area contributed by atoms with Crippen LogP contribution >= 0.6 is 0 Å². The van der Waals surface area contributed by atoms with Gasteiger partial charge in [-0.25, -0.2) is 0 Å². The second-order valence-corrected chi connectivity index (χ2v) is 8.14. The topological polar surface area (TPSA) is 80.7 Å². The molecule has 0 aliphatic heterocycles. The summed E-state index contributed by atoms with van der Waals surface area (Å²) in [5, 5.41) is 2.82. The molecular formula is C26H22F3N5O. The molecule has 0 saturated carbocycles. The summed E-state index contributed by atoms with van der Waals surface area (Å²) < 4.78 is 39.0. The van der Waals surface area contributed by atoms with Crippen molar-refractivity contribution in [2.45, 2.75) is 33.5 Å². The Labute approximate surface area is 200 Å². The average molecular weight is 477 g/mol. The quantitative estimate of drug-likeness (QED) is 0.412. The standard InChI is InChI=1S/C26H22F3N5O/c1-15-10-22(32-14-21(15)20-5-4-7-30-17(20)3)25(35)34-13-18-9-16(2)24(33-12-18)19-6-8-31-23(11-19)26(27,28)29/h4-12,14H,13H2,1-3H3,(H,34,35). The van der Waals surface area contributed by atoms with Crippen molar-refractivity contribution in [3.63, 3.8) is 0 Å². The highest BCUT2D eigenvalue weighted by Gasteiger charge is 2.32. The molecule has 1 amide bonds. The van der Waals surface area contributed by atoms with E-state index in [2.05, 4.69) is 25.3 Å². The molecule has 4 aromatic rings. The Morgan fingerprint density at radius 1 is 0.886 bits per heavy atom. The lowest BCUT2D eigenvalue weighted by atomic mass is 10.0. The summed E-state index contributed by atoms with van der Waals surface area (Å²) in [6.07, 6.45) is 1.50. The number of nitrogens with zero attached hydrogens (tertiary/aromatic N) is 4. The summed E-state index contributed by atoms with van der Waals surface area (Å²) in [5.41, 5.74) is 5.10. The lowest BCUT2D eigenvalue weighted by Gasteiger charge is -2.12. The highest BCUT2D eigenvalue weighted by atomic mass is 19.4. The molecule has 4 heterocycles. The zero-order valence-electron chi connectivity index (χ0n) is 19.3. The molecule has 6 nitrogen and oxygen atoms in total. The summed E-state index contributed by atoms with van der Waals surface area (Å²) in [4.78, 5) is 29.0. The van der Waals surface area contributed by atoms with Gasteiger partial charge in [0, 0.05) is 53.7 Å². The summed E-state index contributed by atoms with van der Waals surface area (Å²) >= 11 is 0. The van der Waals surface area contributed by atoms with Gasteiger partial charge >= 0.3 is 6.18 Å². The van der Waals surface area contributed by atoms with Crippen LogP contribution in [0.15, 0.2) is 61.2 Å². The lowest BCUT2D eigenvalue weighted by molar-refractivity contribution is -0.141. The van der Waals surface area contributed by atoms with Crippen molar-refractivity contribution < 1.29 is 18.0 Å². The van der Waals surface area contributed by atoms with Gasteiger partial charge in [-0.15, -0.1) is 0 Å².